The van der Waals surface area contributed by atoms with Gasteiger partial charge in [-0.15, -0.1) is 0 Å². The molecule has 0 aliphatic carbocycles. The van der Waals surface area contributed by atoms with Gasteiger partial charge in [0.1, 0.15) is 35.3 Å². The predicted molar refractivity (Wildman–Crippen MR) is 222 cm³/mol. The maximum Gasteiger partial charge on any atom is 0.360 e. The van der Waals surface area contributed by atoms with E-state index in [-0.39, 0.29) is 63.7 Å². The monoisotopic (exact) mass is 831 g/mol. The number of ether oxygens (including phenoxy) is 2. The first kappa shape index (κ1) is 46.6. The van der Waals surface area contributed by atoms with Gasteiger partial charge in [-0.1, -0.05) is 101 Å². The Morgan fingerprint density at radius 1 is 0.607 bits per heavy atom. The lowest BCUT2D eigenvalue weighted by atomic mass is 10.2. The molecule has 56 heavy (non-hydrogen) atoms. The van der Waals surface area contributed by atoms with E-state index in [2.05, 4.69) is 109 Å². The van der Waals surface area contributed by atoms with E-state index in [1.165, 1.54) is 26.7 Å². The summed E-state index contributed by atoms with van der Waals surface area (Å²) in [5.74, 6) is -1.57. The van der Waals surface area contributed by atoms with Crippen LogP contribution in [-0.4, -0.2) is 81.9 Å². The van der Waals surface area contributed by atoms with Crippen LogP contribution in [0.5, 0.6) is 0 Å². The molecule has 0 saturated carbocycles. The second kappa shape index (κ2) is 20.1. The minimum Gasteiger partial charge on any atom is -0.464 e. The van der Waals surface area contributed by atoms with Gasteiger partial charge in [0, 0.05) is 0 Å². The second-order valence-electron chi connectivity index (χ2n) is 15.8. The van der Waals surface area contributed by atoms with Crippen molar-refractivity contribution in [3.8, 4) is 0 Å². The first-order valence-corrected chi connectivity index (χ1v) is 23.9. The van der Waals surface area contributed by atoms with Gasteiger partial charge >= 0.3 is 11.9 Å². The highest BCUT2D eigenvalue weighted by Crippen LogP contribution is 2.44. The number of pyridine rings is 1. The molecule has 3 heterocycles. The molecule has 0 bridgehead atoms. The van der Waals surface area contributed by atoms with Crippen molar-refractivity contribution >= 4 is 51.7 Å². The molecule has 2 N–H and O–H groups in total. The lowest BCUT2D eigenvalue weighted by Crippen LogP contribution is -2.49. The van der Waals surface area contributed by atoms with Crippen LogP contribution in [0.25, 0.3) is 0 Å². The van der Waals surface area contributed by atoms with Crippen LogP contribution in [0.3, 0.4) is 0 Å². The highest BCUT2D eigenvalue weighted by Gasteiger charge is 2.47. The Morgan fingerprint density at radius 3 is 1.36 bits per heavy atom. The average Bonchev–Trinajstić information content (AvgIpc) is 3.84. The third-order valence-electron chi connectivity index (χ3n) is 10.7. The van der Waals surface area contributed by atoms with Crippen LogP contribution >= 0.6 is 12.2 Å². The first-order chi connectivity index (χ1) is 26.3. The molecule has 0 aliphatic heterocycles. The third kappa shape index (κ3) is 10.4. The van der Waals surface area contributed by atoms with Crippen LogP contribution < -0.4 is 10.6 Å². The zero-order chi connectivity index (χ0) is 42.1. The van der Waals surface area contributed by atoms with E-state index in [4.69, 9.17) is 39.4 Å². The van der Waals surface area contributed by atoms with Crippen molar-refractivity contribution in [2.24, 2.45) is 0 Å². The van der Waals surface area contributed by atoms with Gasteiger partial charge in [0.15, 0.2) is 28.0 Å². The summed E-state index contributed by atoms with van der Waals surface area (Å²) < 4.78 is 34.8. The van der Waals surface area contributed by atoms with E-state index in [9.17, 15) is 14.4 Å². The molecule has 0 fully saturated rings. The summed E-state index contributed by atoms with van der Waals surface area (Å²) in [6.45, 7) is 26.4. The molecule has 3 rings (SSSR count). The number of aromatic nitrogens is 3. The number of thiocarbonyl (C=S) groups is 1. The Labute approximate surface area is 338 Å². The van der Waals surface area contributed by atoms with E-state index >= 15 is 0 Å². The number of methoxy groups -OCH3 is 2. The fourth-order valence-electron chi connectivity index (χ4n) is 8.25. The van der Waals surface area contributed by atoms with Crippen molar-refractivity contribution in [1.82, 2.24) is 25.6 Å². The molecule has 0 spiro atoms. The number of hydrogen-bond acceptors (Lipinski definition) is 13. The number of esters is 2. The van der Waals surface area contributed by atoms with E-state index in [0.29, 0.717) is 22.3 Å². The molecule has 14 nitrogen and oxygen atoms in total. The molecular weight excluding hydrogens is 771 g/mol. The average molecular weight is 832 g/mol. The predicted octanol–water partition coefficient (Wildman–Crippen LogP) is 8.49. The molecule has 3 aromatic rings. The number of oxazole rings is 2. The molecule has 2 atom stereocenters. The normalized spacial score (nSPS) is 13.5. The molecule has 310 valence electrons. The Morgan fingerprint density at radius 2 is 0.982 bits per heavy atom. The summed E-state index contributed by atoms with van der Waals surface area (Å²) in [6, 6.07) is 3.36. The number of hydrogen-bond donors (Lipinski definition) is 2. The second-order valence-corrected chi connectivity index (χ2v) is 27.2. The summed E-state index contributed by atoms with van der Waals surface area (Å²) in [5, 5.41) is 6.24. The molecule has 0 saturated heterocycles. The highest BCUT2D eigenvalue weighted by atomic mass is 32.1. The van der Waals surface area contributed by atoms with Crippen molar-refractivity contribution < 1.29 is 41.5 Å². The third-order valence-corrected chi connectivity index (χ3v) is 23.2. The Kier molecular flexibility index (Phi) is 16.7. The lowest BCUT2D eigenvalue weighted by molar-refractivity contribution is 0.0585. The fraction of sp³-hybridized carbons (Fsp3) is 0.615. The lowest BCUT2D eigenvalue weighted by Gasteiger charge is -2.42. The number of nitrogens with zero attached hydrogens (tertiary/aromatic N) is 3. The van der Waals surface area contributed by atoms with Gasteiger partial charge in [-0.25, -0.2) is 24.5 Å². The van der Waals surface area contributed by atoms with Crippen LogP contribution in [0.4, 0.5) is 0 Å². The number of carbonyl (C=O) groups excluding carboxylic acids is 3. The van der Waals surface area contributed by atoms with Crippen LogP contribution in [0.2, 0.25) is 33.2 Å². The number of nitrogens with one attached hydrogen (secondary N) is 2. The van der Waals surface area contributed by atoms with Crippen LogP contribution in [-0.2, 0) is 18.3 Å². The van der Waals surface area contributed by atoms with E-state index < -0.39 is 46.6 Å². The highest BCUT2D eigenvalue weighted by molar-refractivity contribution is 7.80. The molecule has 3 aromatic heterocycles. The quantitative estimate of drug-likeness (QED) is 0.0629. The maximum atomic E-state index is 13.9. The number of carbonyl (C=O) groups is 3. The van der Waals surface area contributed by atoms with E-state index in [1.54, 1.807) is 18.2 Å². The minimum absolute atomic E-state index is 0.00970. The Bertz CT molecular complexity index is 1630. The van der Waals surface area contributed by atoms with Gasteiger partial charge in [-0.3, -0.25) is 4.79 Å². The van der Waals surface area contributed by atoms with Crippen molar-refractivity contribution in [1.29, 1.82) is 0 Å². The zero-order valence-electron chi connectivity index (χ0n) is 35.3. The molecule has 0 radical (unpaired) electrons. The molecule has 0 aromatic carbocycles. The Hall–Kier alpha value is -3.78. The van der Waals surface area contributed by atoms with Crippen LogP contribution in [0, 0.1) is 0 Å². The molecule has 2 unspecified atom stereocenters. The minimum atomic E-state index is -2.39. The van der Waals surface area contributed by atoms with Gasteiger partial charge < -0.3 is 37.8 Å². The summed E-state index contributed by atoms with van der Waals surface area (Å²) in [5.41, 5.74) is 2.10. The van der Waals surface area contributed by atoms with Crippen LogP contribution in [0.15, 0.2) is 39.6 Å². The Balaban J connectivity index is 1.95. The van der Waals surface area contributed by atoms with E-state index in [1.807, 2.05) is 0 Å². The molecule has 1 amide bonds. The summed E-state index contributed by atoms with van der Waals surface area (Å²) in [7, 11) is -2.21. The molecule has 0 aliphatic rings. The topological polar surface area (TPSA) is 177 Å². The van der Waals surface area contributed by atoms with E-state index in [0.717, 1.165) is 0 Å². The summed E-state index contributed by atoms with van der Waals surface area (Å²) in [6.07, 6.45) is 2.43. The van der Waals surface area contributed by atoms with Gasteiger partial charge in [0.25, 0.3) is 5.91 Å². The zero-order valence-corrected chi connectivity index (χ0v) is 38.2. The van der Waals surface area contributed by atoms with Crippen molar-refractivity contribution in [3.63, 3.8) is 0 Å². The summed E-state index contributed by atoms with van der Waals surface area (Å²) in [4.78, 5) is 52.0. The van der Waals surface area contributed by atoms with Crippen molar-refractivity contribution in [2.75, 3.05) is 27.4 Å². The van der Waals surface area contributed by atoms with Crippen LogP contribution in [0.1, 0.15) is 144 Å². The van der Waals surface area contributed by atoms with Crippen molar-refractivity contribution in [3.05, 3.63) is 65.3 Å². The maximum absolute atomic E-state index is 13.9. The number of amides is 1. The summed E-state index contributed by atoms with van der Waals surface area (Å²) >= 11 is 5.85. The smallest absolute Gasteiger partial charge is 0.360 e. The van der Waals surface area contributed by atoms with Gasteiger partial charge in [0.2, 0.25) is 11.8 Å². The first-order valence-electron chi connectivity index (χ1n) is 19.2. The molecule has 17 heteroatoms. The largest absolute Gasteiger partial charge is 0.464 e. The number of rotatable bonds is 20. The van der Waals surface area contributed by atoms with Gasteiger partial charge in [-0.05, 0) is 45.4 Å². The SMILES string of the molecule is COC(=O)c1coc(C(CO[Si](C(C)C)(C(C)C)C(C)C)NC(=O)c2cccc(C(=S)NC(CO[Si](C(C)C)(C(C)C)C(C)C)c3nc(C(=O)OC)co3)n2)n1. The molecular formula is C39H61N5O9SSi2. The van der Waals surface area contributed by atoms with Crippen molar-refractivity contribution in [2.45, 2.75) is 128 Å². The standard InChI is InChI=1S/C39H61N5O9SSi2/c1-22(2)55(23(3)4,24(5)6)52-20-30(35-42-32(18-50-35)38(46)48-13)41-34(45)28-16-15-17-29(40-28)37(54)44-31(36-43-33(19-51-36)39(47)49-14)21-53-56(25(7)8,26(9)10)27(11)12/h15-19,22-27,30-31H,20-21H2,1-14H3,(H,41,45)(H,44,54). The van der Waals surface area contributed by atoms with Gasteiger partial charge in [0.05, 0.1) is 33.1 Å². The fourth-order valence-corrected chi connectivity index (χ4v) is 19.4. The van der Waals surface area contributed by atoms with Gasteiger partial charge in [-0.2, -0.15) is 0 Å².